The molecule has 3 nitrogen and oxygen atoms in total. The SMILES string of the molecule is COc1ccc(C(=O)/C=C/c2cc(Br)cs2)cc1OC. The molecule has 0 radical (unpaired) electrons. The van der Waals surface area contributed by atoms with Gasteiger partial charge >= 0.3 is 0 Å². The first kappa shape index (κ1) is 14.8. The van der Waals surface area contributed by atoms with E-state index >= 15 is 0 Å². The third kappa shape index (κ3) is 3.49. The summed E-state index contributed by atoms with van der Waals surface area (Å²) in [4.78, 5) is 13.1. The maximum atomic E-state index is 12.1. The van der Waals surface area contributed by atoms with Crippen molar-refractivity contribution >= 4 is 39.1 Å². The van der Waals surface area contributed by atoms with E-state index in [-0.39, 0.29) is 5.78 Å². The van der Waals surface area contributed by atoms with Crippen molar-refractivity contribution in [3.05, 3.63) is 50.6 Å². The summed E-state index contributed by atoms with van der Waals surface area (Å²) < 4.78 is 11.3. The minimum Gasteiger partial charge on any atom is -0.493 e. The van der Waals surface area contributed by atoms with E-state index in [1.54, 1.807) is 55.9 Å². The average Bonchev–Trinajstić information content (AvgIpc) is 2.89. The molecule has 5 heteroatoms. The van der Waals surface area contributed by atoms with Crippen LogP contribution in [0.2, 0.25) is 0 Å². The molecular formula is C15H13BrO3S. The molecule has 2 rings (SSSR count). The van der Waals surface area contributed by atoms with Crippen molar-refractivity contribution in [1.29, 1.82) is 0 Å². The molecule has 0 fully saturated rings. The van der Waals surface area contributed by atoms with Gasteiger partial charge in [0, 0.05) is 20.3 Å². The summed E-state index contributed by atoms with van der Waals surface area (Å²) in [5.74, 6) is 1.08. The van der Waals surface area contributed by atoms with Gasteiger partial charge in [0.1, 0.15) is 0 Å². The van der Waals surface area contributed by atoms with Gasteiger partial charge in [0.15, 0.2) is 17.3 Å². The molecule has 0 aliphatic rings. The van der Waals surface area contributed by atoms with E-state index in [1.165, 1.54) is 0 Å². The second-order valence-electron chi connectivity index (χ2n) is 3.93. The summed E-state index contributed by atoms with van der Waals surface area (Å²) in [7, 11) is 3.11. The number of rotatable bonds is 5. The van der Waals surface area contributed by atoms with Crippen molar-refractivity contribution in [2.24, 2.45) is 0 Å². The third-order valence-corrected chi connectivity index (χ3v) is 4.31. The molecule has 0 N–H and O–H groups in total. The largest absolute Gasteiger partial charge is 0.493 e. The van der Waals surface area contributed by atoms with Gasteiger partial charge in [0.25, 0.3) is 0 Å². The van der Waals surface area contributed by atoms with E-state index in [0.717, 1.165) is 9.35 Å². The van der Waals surface area contributed by atoms with Gasteiger partial charge in [-0.3, -0.25) is 4.79 Å². The minimum absolute atomic E-state index is 0.0736. The number of ether oxygens (including phenoxy) is 2. The number of thiophene rings is 1. The number of allylic oxidation sites excluding steroid dienone is 1. The van der Waals surface area contributed by atoms with Crippen LogP contribution in [0.5, 0.6) is 11.5 Å². The molecule has 0 spiro atoms. The van der Waals surface area contributed by atoms with Gasteiger partial charge in [-0.05, 0) is 52.3 Å². The number of halogens is 1. The van der Waals surface area contributed by atoms with Crippen molar-refractivity contribution in [1.82, 2.24) is 0 Å². The minimum atomic E-state index is -0.0736. The van der Waals surface area contributed by atoms with Crippen LogP contribution in [-0.2, 0) is 0 Å². The number of hydrogen-bond acceptors (Lipinski definition) is 4. The van der Waals surface area contributed by atoms with Gasteiger partial charge in [-0.25, -0.2) is 0 Å². The zero-order chi connectivity index (χ0) is 14.5. The average molecular weight is 353 g/mol. The fourth-order valence-electron chi connectivity index (χ4n) is 1.66. The lowest BCUT2D eigenvalue weighted by Gasteiger charge is -2.07. The molecule has 1 aromatic carbocycles. The van der Waals surface area contributed by atoms with Crippen LogP contribution in [0.15, 0.2) is 40.2 Å². The first-order chi connectivity index (χ1) is 9.63. The van der Waals surface area contributed by atoms with Crippen LogP contribution in [-0.4, -0.2) is 20.0 Å². The Bertz CT molecular complexity index is 646. The standard InChI is InChI=1S/C15H13BrO3S/c1-18-14-6-3-10(7-15(14)19-2)13(17)5-4-12-8-11(16)9-20-12/h3-9H,1-2H3/b5-4+. The number of methoxy groups -OCH3 is 2. The van der Waals surface area contributed by atoms with Gasteiger partial charge in [-0.15, -0.1) is 11.3 Å². The molecule has 0 amide bonds. The highest BCUT2D eigenvalue weighted by atomic mass is 79.9. The fourth-order valence-corrected chi connectivity index (χ4v) is 3.00. The molecule has 104 valence electrons. The number of benzene rings is 1. The Morgan fingerprint density at radius 2 is 1.95 bits per heavy atom. The number of ketones is 1. The van der Waals surface area contributed by atoms with E-state index in [2.05, 4.69) is 15.9 Å². The molecule has 0 atom stereocenters. The van der Waals surface area contributed by atoms with E-state index < -0.39 is 0 Å². The van der Waals surface area contributed by atoms with Crippen molar-refractivity contribution in [2.45, 2.75) is 0 Å². The summed E-state index contributed by atoms with van der Waals surface area (Å²) in [5.41, 5.74) is 0.564. The molecule has 0 unspecified atom stereocenters. The monoisotopic (exact) mass is 352 g/mol. The zero-order valence-corrected chi connectivity index (χ0v) is 13.5. The third-order valence-electron chi connectivity index (χ3n) is 2.65. The lowest BCUT2D eigenvalue weighted by Crippen LogP contribution is -1.97. The second-order valence-corrected chi connectivity index (χ2v) is 5.79. The summed E-state index contributed by atoms with van der Waals surface area (Å²) in [6.07, 6.45) is 3.36. The number of hydrogen-bond donors (Lipinski definition) is 0. The van der Waals surface area contributed by atoms with Crippen LogP contribution in [0.4, 0.5) is 0 Å². The second kappa shape index (κ2) is 6.72. The van der Waals surface area contributed by atoms with E-state index in [9.17, 15) is 4.79 Å². The summed E-state index contributed by atoms with van der Waals surface area (Å²) in [6.45, 7) is 0. The Balaban J connectivity index is 2.19. The summed E-state index contributed by atoms with van der Waals surface area (Å²) >= 11 is 4.95. The van der Waals surface area contributed by atoms with Crippen LogP contribution in [0.3, 0.4) is 0 Å². The Hall–Kier alpha value is -1.59. The van der Waals surface area contributed by atoms with Crippen LogP contribution in [0.25, 0.3) is 6.08 Å². The van der Waals surface area contributed by atoms with Crippen LogP contribution in [0, 0.1) is 0 Å². The predicted molar refractivity (Wildman–Crippen MR) is 84.9 cm³/mol. The van der Waals surface area contributed by atoms with Crippen LogP contribution in [0.1, 0.15) is 15.2 Å². The first-order valence-electron chi connectivity index (χ1n) is 5.82. The highest BCUT2D eigenvalue weighted by Crippen LogP contribution is 2.28. The first-order valence-corrected chi connectivity index (χ1v) is 7.50. The van der Waals surface area contributed by atoms with E-state index in [4.69, 9.17) is 9.47 Å². The van der Waals surface area contributed by atoms with Crippen molar-refractivity contribution in [3.8, 4) is 11.5 Å². The molecule has 0 saturated heterocycles. The molecule has 1 aromatic heterocycles. The van der Waals surface area contributed by atoms with Gasteiger partial charge in [-0.1, -0.05) is 0 Å². The molecule has 0 bridgehead atoms. The number of carbonyl (C=O) groups is 1. The molecule has 0 aliphatic carbocycles. The zero-order valence-electron chi connectivity index (χ0n) is 11.1. The van der Waals surface area contributed by atoms with E-state index in [1.807, 2.05) is 11.4 Å². The summed E-state index contributed by atoms with van der Waals surface area (Å²) in [5, 5.41) is 1.97. The molecule has 0 aliphatic heterocycles. The maximum absolute atomic E-state index is 12.1. The molecule has 20 heavy (non-hydrogen) atoms. The maximum Gasteiger partial charge on any atom is 0.186 e. The fraction of sp³-hybridized carbons (Fsp3) is 0.133. The van der Waals surface area contributed by atoms with Crippen LogP contribution >= 0.6 is 27.3 Å². The highest BCUT2D eigenvalue weighted by Gasteiger charge is 2.08. The van der Waals surface area contributed by atoms with Gasteiger partial charge in [0.2, 0.25) is 0 Å². The Morgan fingerprint density at radius 3 is 2.55 bits per heavy atom. The van der Waals surface area contributed by atoms with Gasteiger partial charge in [0.05, 0.1) is 14.2 Å². The van der Waals surface area contributed by atoms with Crippen molar-refractivity contribution in [2.75, 3.05) is 14.2 Å². The molecule has 0 saturated carbocycles. The van der Waals surface area contributed by atoms with Crippen molar-refractivity contribution < 1.29 is 14.3 Å². The Morgan fingerprint density at radius 1 is 1.20 bits per heavy atom. The van der Waals surface area contributed by atoms with Gasteiger partial charge < -0.3 is 9.47 Å². The Labute approximate surface area is 130 Å². The predicted octanol–water partition coefficient (Wildman–Crippen LogP) is 4.42. The lowest BCUT2D eigenvalue weighted by atomic mass is 10.1. The Kier molecular flexibility index (Phi) is 4.98. The van der Waals surface area contributed by atoms with Gasteiger partial charge in [-0.2, -0.15) is 0 Å². The number of carbonyl (C=O) groups excluding carboxylic acids is 1. The molecule has 1 heterocycles. The van der Waals surface area contributed by atoms with Crippen molar-refractivity contribution in [3.63, 3.8) is 0 Å². The molecular weight excluding hydrogens is 340 g/mol. The lowest BCUT2D eigenvalue weighted by molar-refractivity contribution is 0.104. The molecule has 2 aromatic rings. The van der Waals surface area contributed by atoms with Crippen LogP contribution < -0.4 is 9.47 Å². The smallest absolute Gasteiger partial charge is 0.186 e. The quantitative estimate of drug-likeness (QED) is 0.590. The summed E-state index contributed by atoms with van der Waals surface area (Å²) in [6, 6.07) is 7.08. The highest BCUT2D eigenvalue weighted by molar-refractivity contribution is 9.10. The topological polar surface area (TPSA) is 35.5 Å². The van der Waals surface area contributed by atoms with E-state index in [0.29, 0.717) is 17.1 Å². The normalized spacial score (nSPS) is 10.8.